The van der Waals surface area contributed by atoms with E-state index in [1.165, 1.54) is 21.1 Å². The van der Waals surface area contributed by atoms with Crippen LogP contribution in [0.1, 0.15) is 99.5 Å². The van der Waals surface area contributed by atoms with E-state index in [1.54, 1.807) is 30.8 Å². The van der Waals surface area contributed by atoms with E-state index in [1.807, 2.05) is 71.9 Å². The van der Waals surface area contributed by atoms with Gasteiger partial charge in [0.2, 0.25) is 35.4 Å². The number of benzene rings is 1. The van der Waals surface area contributed by atoms with E-state index in [9.17, 15) is 38.4 Å². The fourth-order valence-electron chi connectivity index (χ4n) is 8.76. The third-order valence-electron chi connectivity index (χ3n) is 13.0. The summed E-state index contributed by atoms with van der Waals surface area (Å²) in [5.41, 5.74) is 6.18. The van der Waals surface area contributed by atoms with Gasteiger partial charge in [0, 0.05) is 40.8 Å². The fraction of sp³-hybridized carbons (Fsp3) is 0.714. The minimum atomic E-state index is -1.41. The van der Waals surface area contributed by atoms with E-state index >= 15 is 0 Å². The van der Waals surface area contributed by atoms with Crippen LogP contribution in [0, 0.1) is 23.7 Å². The summed E-state index contributed by atoms with van der Waals surface area (Å²) < 4.78 is 17.2. The quantitative estimate of drug-likeness (QED) is 0.0424. The lowest BCUT2D eigenvalue weighted by Gasteiger charge is -2.41. The molecule has 0 spiro atoms. The third-order valence-corrected chi connectivity index (χ3v) is 13.0. The van der Waals surface area contributed by atoms with Gasteiger partial charge in [0.15, 0.2) is 0 Å². The highest BCUT2D eigenvalue weighted by Gasteiger charge is 2.43. The summed E-state index contributed by atoms with van der Waals surface area (Å²) in [6, 6.07) is 3.38. The number of nitrogens with one attached hydrogen (secondary N) is 5. The van der Waals surface area contributed by atoms with Crippen LogP contribution >= 0.6 is 0 Å². The molecule has 1 heterocycles. The standard InChI is InChI=1S/C49H82N8O12/c1-13-30(6)42(56(10)47(63)41(29(4)5)55-46(62)40(51-9)28(2)3)37(67-11)27-39(59)57-23-17-21-36(57)43(68-12)31(7)44(60)54-35(25-33-19-15-14-16-20-33)45(61)52-22-18-24-69-49(66)32(8)53-38(58)26-34(50)48(64)65/h14-16,19-20,28-32,34-37,40-43,51H,13,17-18,21-27,50H2,1-12H3,(H,52,61)(H,53,58)(H,54,60)(H,55,62)(H,64,65)/t30-,31+,32-,34?,35-,36-,37+,40-,41-,42-,43+/m0/s1. The average Bonchev–Trinajstić information content (AvgIpc) is 3.79. The number of esters is 1. The van der Waals surface area contributed by atoms with E-state index in [-0.39, 0.29) is 67.9 Å². The average molecular weight is 975 g/mol. The maximum Gasteiger partial charge on any atom is 0.328 e. The number of rotatable bonds is 30. The van der Waals surface area contributed by atoms with Crippen molar-refractivity contribution in [1.82, 2.24) is 36.4 Å². The predicted octanol–water partition coefficient (Wildman–Crippen LogP) is 1.38. The summed E-state index contributed by atoms with van der Waals surface area (Å²) in [6.07, 6.45) is 0.281. The number of ether oxygens (including phenoxy) is 3. The normalized spacial score (nSPS) is 18.1. The lowest BCUT2D eigenvalue weighted by atomic mass is 9.89. The van der Waals surface area contributed by atoms with Gasteiger partial charge in [-0.15, -0.1) is 0 Å². The molecule has 0 saturated carbocycles. The van der Waals surface area contributed by atoms with Gasteiger partial charge in [0.1, 0.15) is 24.2 Å². The lowest BCUT2D eigenvalue weighted by molar-refractivity contribution is -0.148. The van der Waals surface area contributed by atoms with Crippen molar-refractivity contribution in [3.05, 3.63) is 35.9 Å². The van der Waals surface area contributed by atoms with Crippen LogP contribution in [0.5, 0.6) is 0 Å². The molecule has 1 fully saturated rings. The summed E-state index contributed by atoms with van der Waals surface area (Å²) in [6.45, 7) is 15.1. The van der Waals surface area contributed by atoms with Crippen molar-refractivity contribution in [1.29, 1.82) is 0 Å². The van der Waals surface area contributed by atoms with Gasteiger partial charge in [-0.1, -0.05) is 85.2 Å². The summed E-state index contributed by atoms with van der Waals surface area (Å²) in [5, 5.41) is 23.0. The molecule has 0 aliphatic carbocycles. The van der Waals surface area contributed by atoms with Crippen molar-refractivity contribution < 1.29 is 57.7 Å². The molecule has 0 radical (unpaired) electrons. The molecule has 1 aromatic rings. The minimum absolute atomic E-state index is 0.00659. The van der Waals surface area contributed by atoms with Crippen molar-refractivity contribution in [3.8, 4) is 0 Å². The Morgan fingerprint density at radius 2 is 1.49 bits per heavy atom. The topological polar surface area (TPSA) is 277 Å². The van der Waals surface area contributed by atoms with Gasteiger partial charge in [-0.05, 0) is 56.6 Å². The van der Waals surface area contributed by atoms with Crippen LogP contribution in [0.25, 0.3) is 0 Å². The first kappa shape index (κ1) is 59.9. The van der Waals surface area contributed by atoms with Crippen LogP contribution < -0.4 is 32.3 Å². The zero-order chi connectivity index (χ0) is 52.1. The predicted molar refractivity (Wildman–Crippen MR) is 259 cm³/mol. The number of carbonyl (C=O) groups excluding carboxylic acids is 7. The highest BCUT2D eigenvalue weighted by atomic mass is 16.5. The lowest BCUT2D eigenvalue weighted by Crippen LogP contribution is -2.59. The zero-order valence-corrected chi connectivity index (χ0v) is 42.9. The Morgan fingerprint density at radius 3 is 2.04 bits per heavy atom. The van der Waals surface area contributed by atoms with Crippen molar-refractivity contribution >= 4 is 47.4 Å². The molecule has 8 N–H and O–H groups in total. The molecule has 6 amide bonds. The SMILES string of the molecule is CC[C@H](C)[C@@H]([C@@H](CC(=O)N1CCC[C@H]1[C@H](OC)[C@@H](C)C(=O)N[C@@H](Cc1ccccc1)C(=O)NCCCOC(=O)[C@H](C)NC(=O)CC(N)C(=O)O)OC)N(C)C(=O)[C@@H](NC(=O)[C@@H](NC)C(C)C)C(C)C. The maximum absolute atomic E-state index is 14.4. The second-order valence-corrected chi connectivity index (χ2v) is 18.8. The number of carboxylic acid groups (broad SMARTS) is 1. The number of carboxylic acids is 1. The van der Waals surface area contributed by atoms with Gasteiger partial charge in [-0.25, -0.2) is 4.79 Å². The first-order chi connectivity index (χ1) is 32.5. The molecule has 1 aliphatic heterocycles. The molecular formula is C49H82N8O12. The monoisotopic (exact) mass is 975 g/mol. The summed E-state index contributed by atoms with van der Waals surface area (Å²) in [7, 11) is 6.41. The third kappa shape index (κ3) is 18.3. The minimum Gasteiger partial charge on any atom is -0.480 e. The highest BCUT2D eigenvalue weighted by Crippen LogP contribution is 2.30. The number of nitrogens with zero attached hydrogens (tertiary/aromatic N) is 2. The molecule has 2 rings (SSSR count). The van der Waals surface area contributed by atoms with Crippen molar-refractivity contribution in [2.75, 3.05) is 48.0 Å². The number of likely N-dealkylation sites (tertiary alicyclic amines) is 1. The maximum atomic E-state index is 14.4. The molecule has 20 nitrogen and oxygen atoms in total. The van der Waals surface area contributed by atoms with E-state index in [0.717, 1.165) is 5.56 Å². The Hall–Kier alpha value is -5.18. The van der Waals surface area contributed by atoms with Gasteiger partial charge in [0.05, 0.1) is 55.7 Å². The second-order valence-electron chi connectivity index (χ2n) is 18.8. The Kier molecular flexibility index (Phi) is 25.9. The number of carbonyl (C=O) groups is 8. The molecule has 1 aliphatic rings. The number of likely N-dealkylation sites (N-methyl/N-ethyl adjacent to an activating group) is 2. The Balaban J connectivity index is 2.19. The van der Waals surface area contributed by atoms with E-state index in [4.69, 9.17) is 25.1 Å². The van der Waals surface area contributed by atoms with Gasteiger partial charge < -0.3 is 61.4 Å². The molecule has 1 unspecified atom stereocenters. The molecule has 11 atom stereocenters. The fourth-order valence-corrected chi connectivity index (χ4v) is 8.76. The molecule has 20 heteroatoms. The number of aliphatic carboxylic acids is 1. The Morgan fingerprint density at radius 1 is 0.855 bits per heavy atom. The summed E-state index contributed by atoms with van der Waals surface area (Å²) in [4.78, 5) is 108. The zero-order valence-electron chi connectivity index (χ0n) is 42.9. The van der Waals surface area contributed by atoms with Gasteiger partial charge >= 0.3 is 11.9 Å². The molecule has 69 heavy (non-hydrogen) atoms. The molecular weight excluding hydrogens is 893 g/mol. The molecule has 390 valence electrons. The van der Waals surface area contributed by atoms with E-state index in [2.05, 4.69) is 26.6 Å². The molecule has 0 aromatic heterocycles. The van der Waals surface area contributed by atoms with Crippen LogP contribution in [-0.4, -0.2) is 165 Å². The van der Waals surface area contributed by atoms with Crippen molar-refractivity contribution in [2.45, 2.75) is 155 Å². The largest absolute Gasteiger partial charge is 0.480 e. The Bertz CT molecular complexity index is 1840. The molecule has 0 bridgehead atoms. The van der Waals surface area contributed by atoms with Crippen LogP contribution in [0.15, 0.2) is 30.3 Å². The van der Waals surface area contributed by atoms with Crippen LogP contribution in [-0.2, 0) is 59.0 Å². The summed E-state index contributed by atoms with van der Waals surface area (Å²) in [5.74, 6) is -5.66. The van der Waals surface area contributed by atoms with E-state index in [0.29, 0.717) is 25.8 Å². The highest BCUT2D eigenvalue weighted by molar-refractivity contribution is 5.91. The Labute approximate surface area is 408 Å². The first-order valence-corrected chi connectivity index (χ1v) is 24.2. The number of amides is 6. The van der Waals surface area contributed by atoms with Crippen molar-refractivity contribution in [2.24, 2.45) is 29.4 Å². The van der Waals surface area contributed by atoms with Gasteiger partial charge in [-0.3, -0.25) is 33.6 Å². The second kappa shape index (κ2) is 29.8. The van der Waals surface area contributed by atoms with Crippen LogP contribution in [0.2, 0.25) is 0 Å². The van der Waals surface area contributed by atoms with Crippen molar-refractivity contribution in [3.63, 3.8) is 0 Å². The number of nitrogens with two attached hydrogens (primary N) is 1. The first-order valence-electron chi connectivity index (χ1n) is 24.2. The number of methoxy groups -OCH3 is 2. The van der Waals surface area contributed by atoms with E-state index < -0.39 is 96.5 Å². The van der Waals surface area contributed by atoms with Crippen LogP contribution in [0.4, 0.5) is 0 Å². The van der Waals surface area contributed by atoms with Gasteiger partial charge in [0.25, 0.3) is 0 Å². The number of hydrogen-bond donors (Lipinski definition) is 7. The number of hydrogen-bond acceptors (Lipinski definition) is 13. The smallest absolute Gasteiger partial charge is 0.328 e. The van der Waals surface area contributed by atoms with Crippen LogP contribution in [0.3, 0.4) is 0 Å². The van der Waals surface area contributed by atoms with Gasteiger partial charge in [-0.2, -0.15) is 0 Å². The molecule has 1 saturated heterocycles. The molecule has 1 aromatic carbocycles. The summed E-state index contributed by atoms with van der Waals surface area (Å²) >= 11 is 0.